The highest BCUT2D eigenvalue weighted by Gasteiger charge is 2.03. The van der Waals surface area contributed by atoms with Crippen LogP contribution in [0.25, 0.3) is 11.1 Å². The van der Waals surface area contributed by atoms with Crippen molar-refractivity contribution in [3.05, 3.63) is 78.2 Å². The minimum atomic E-state index is 0.510. The van der Waals surface area contributed by atoms with Crippen LogP contribution in [0.5, 0.6) is 0 Å². The Hall–Kier alpha value is -2.68. The molecule has 2 N–H and O–H groups in total. The summed E-state index contributed by atoms with van der Waals surface area (Å²) in [7, 11) is 0. The molecule has 0 bridgehead atoms. The van der Waals surface area contributed by atoms with E-state index in [1.165, 1.54) is 17.5 Å². The Morgan fingerprint density at radius 1 is 0.850 bits per heavy atom. The molecular formula is C17H15N3. The van der Waals surface area contributed by atoms with Gasteiger partial charge >= 0.3 is 0 Å². The van der Waals surface area contributed by atoms with Crippen LogP contribution in [-0.4, -0.2) is 9.97 Å². The molecule has 1 aromatic heterocycles. The van der Waals surface area contributed by atoms with Gasteiger partial charge in [0.15, 0.2) is 0 Å². The summed E-state index contributed by atoms with van der Waals surface area (Å²) in [4.78, 5) is 8.03. The van der Waals surface area contributed by atoms with Gasteiger partial charge in [-0.2, -0.15) is 0 Å². The number of hydrogen-bond donors (Lipinski definition) is 1. The summed E-state index contributed by atoms with van der Waals surface area (Å²) in [5.74, 6) is 0.510. The molecule has 1 heterocycles. The predicted molar refractivity (Wildman–Crippen MR) is 81.1 cm³/mol. The van der Waals surface area contributed by atoms with Crippen LogP contribution in [0.1, 0.15) is 11.1 Å². The maximum absolute atomic E-state index is 5.86. The van der Waals surface area contributed by atoms with Gasteiger partial charge in [0.1, 0.15) is 12.1 Å². The minimum Gasteiger partial charge on any atom is -0.383 e. The molecule has 0 aliphatic heterocycles. The molecule has 0 amide bonds. The van der Waals surface area contributed by atoms with E-state index in [1.807, 2.05) is 6.07 Å². The summed E-state index contributed by atoms with van der Waals surface area (Å²) in [6.07, 6.45) is 4.14. The van der Waals surface area contributed by atoms with Crippen LogP contribution in [0.3, 0.4) is 0 Å². The molecule has 0 saturated carbocycles. The standard InChI is InChI=1S/C17H15N3/c18-17-16(11-19-12-20-17)15-8-6-14(7-9-15)10-13-4-2-1-3-5-13/h1-9,11-12H,10H2,(H2,18,19,20). The quantitative estimate of drug-likeness (QED) is 0.787. The van der Waals surface area contributed by atoms with Crippen molar-refractivity contribution in [2.75, 3.05) is 5.73 Å². The summed E-state index contributed by atoms with van der Waals surface area (Å²) >= 11 is 0. The summed E-state index contributed by atoms with van der Waals surface area (Å²) in [5.41, 5.74) is 10.4. The molecule has 0 spiro atoms. The van der Waals surface area contributed by atoms with E-state index in [0.717, 1.165) is 17.5 Å². The molecule has 0 unspecified atom stereocenters. The average molecular weight is 261 g/mol. The van der Waals surface area contributed by atoms with Crippen molar-refractivity contribution in [3.63, 3.8) is 0 Å². The van der Waals surface area contributed by atoms with Gasteiger partial charge in [0, 0.05) is 11.8 Å². The van der Waals surface area contributed by atoms with Gasteiger partial charge in [-0.3, -0.25) is 0 Å². The van der Waals surface area contributed by atoms with Crippen molar-refractivity contribution >= 4 is 5.82 Å². The van der Waals surface area contributed by atoms with Gasteiger partial charge in [-0.25, -0.2) is 9.97 Å². The summed E-state index contributed by atoms with van der Waals surface area (Å²) < 4.78 is 0. The first-order chi connectivity index (χ1) is 9.83. The molecule has 0 atom stereocenters. The van der Waals surface area contributed by atoms with Crippen LogP contribution in [-0.2, 0) is 6.42 Å². The highest BCUT2D eigenvalue weighted by Crippen LogP contribution is 2.23. The Labute approximate surface area is 118 Å². The largest absolute Gasteiger partial charge is 0.383 e. The highest BCUT2D eigenvalue weighted by atomic mass is 14.9. The van der Waals surface area contributed by atoms with Crippen LogP contribution < -0.4 is 5.73 Å². The summed E-state index contributed by atoms with van der Waals surface area (Å²) in [5, 5.41) is 0. The van der Waals surface area contributed by atoms with Crippen LogP contribution in [0.2, 0.25) is 0 Å². The molecular weight excluding hydrogens is 246 g/mol. The van der Waals surface area contributed by atoms with Gasteiger partial charge in [-0.05, 0) is 23.1 Å². The number of hydrogen-bond acceptors (Lipinski definition) is 3. The van der Waals surface area contributed by atoms with Crippen LogP contribution in [0.4, 0.5) is 5.82 Å². The van der Waals surface area contributed by atoms with Gasteiger partial charge in [-0.1, -0.05) is 54.6 Å². The number of nitrogens with zero attached hydrogens (tertiary/aromatic N) is 2. The van der Waals surface area contributed by atoms with Crippen LogP contribution >= 0.6 is 0 Å². The predicted octanol–water partition coefficient (Wildman–Crippen LogP) is 3.32. The zero-order valence-electron chi connectivity index (χ0n) is 11.0. The first-order valence-corrected chi connectivity index (χ1v) is 6.51. The highest BCUT2D eigenvalue weighted by molar-refractivity contribution is 5.72. The van der Waals surface area contributed by atoms with Gasteiger partial charge in [0.05, 0.1) is 0 Å². The Bertz CT molecular complexity index is 691. The van der Waals surface area contributed by atoms with Crippen molar-refractivity contribution in [3.8, 4) is 11.1 Å². The number of benzene rings is 2. The molecule has 3 nitrogen and oxygen atoms in total. The van der Waals surface area contributed by atoms with Gasteiger partial charge < -0.3 is 5.73 Å². The van der Waals surface area contributed by atoms with E-state index >= 15 is 0 Å². The van der Waals surface area contributed by atoms with E-state index in [4.69, 9.17) is 5.73 Å². The zero-order chi connectivity index (χ0) is 13.8. The number of nitrogens with two attached hydrogens (primary N) is 1. The third kappa shape index (κ3) is 2.67. The molecule has 3 aromatic rings. The topological polar surface area (TPSA) is 51.8 Å². The Morgan fingerprint density at radius 3 is 2.25 bits per heavy atom. The van der Waals surface area contributed by atoms with E-state index in [0.29, 0.717) is 5.82 Å². The molecule has 0 radical (unpaired) electrons. The Kier molecular flexibility index (Phi) is 3.42. The third-order valence-corrected chi connectivity index (χ3v) is 3.26. The second-order valence-electron chi connectivity index (χ2n) is 4.68. The van der Waals surface area contributed by atoms with E-state index in [9.17, 15) is 0 Å². The molecule has 0 aliphatic carbocycles. The lowest BCUT2D eigenvalue weighted by molar-refractivity contribution is 1.17. The SMILES string of the molecule is Nc1ncncc1-c1ccc(Cc2ccccc2)cc1. The van der Waals surface area contributed by atoms with Crippen LogP contribution in [0.15, 0.2) is 67.1 Å². The van der Waals surface area contributed by atoms with Crippen molar-refractivity contribution in [1.82, 2.24) is 9.97 Å². The van der Waals surface area contributed by atoms with E-state index in [-0.39, 0.29) is 0 Å². The molecule has 3 heteroatoms. The number of nitrogen functional groups attached to an aromatic ring is 1. The maximum atomic E-state index is 5.86. The Morgan fingerprint density at radius 2 is 1.55 bits per heavy atom. The number of rotatable bonds is 3. The molecule has 20 heavy (non-hydrogen) atoms. The second-order valence-corrected chi connectivity index (χ2v) is 4.68. The molecule has 2 aromatic carbocycles. The number of anilines is 1. The van der Waals surface area contributed by atoms with E-state index in [1.54, 1.807) is 6.20 Å². The molecule has 98 valence electrons. The van der Waals surface area contributed by atoms with Crippen LogP contribution in [0, 0.1) is 0 Å². The summed E-state index contributed by atoms with van der Waals surface area (Å²) in [6, 6.07) is 18.8. The fourth-order valence-electron chi connectivity index (χ4n) is 2.20. The fourth-order valence-corrected chi connectivity index (χ4v) is 2.20. The number of aromatic nitrogens is 2. The molecule has 0 saturated heterocycles. The van der Waals surface area contributed by atoms with Gasteiger partial charge in [-0.15, -0.1) is 0 Å². The van der Waals surface area contributed by atoms with Crippen molar-refractivity contribution in [2.45, 2.75) is 6.42 Å². The van der Waals surface area contributed by atoms with Gasteiger partial charge in [0.2, 0.25) is 0 Å². The summed E-state index contributed by atoms with van der Waals surface area (Å²) in [6.45, 7) is 0. The van der Waals surface area contributed by atoms with Crippen molar-refractivity contribution in [1.29, 1.82) is 0 Å². The van der Waals surface area contributed by atoms with Gasteiger partial charge in [0.25, 0.3) is 0 Å². The first-order valence-electron chi connectivity index (χ1n) is 6.51. The smallest absolute Gasteiger partial charge is 0.134 e. The van der Waals surface area contributed by atoms with E-state index in [2.05, 4.69) is 58.5 Å². The zero-order valence-corrected chi connectivity index (χ0v) is 11.0. The third-order valence-electron chi connectivity index (χ3n) is 3.26. The molecule has 3 rings (SSSR count). The second kappa shape index (κ2) is 5.53. The minimum absolute atomic E-state index is 0.510. The Balaban J connectivity index is 1.83. The monoisotopic (exact) mass is 261 g/mol. The van der Waals surface area contributed by atoms with E-state index < -0.39 is 0 Å². The van der Waals surface area contributed by atoms with Crippen molar-refractivity contribution in [2.24, 2.45) is 0 Å². The lowest BCUT2D eigenvalue weighted by Gasteiger charge is -2.06. The van der Waals surface area contributed by atoms with Crippen molar-refractivity contribution < 1.29 is 0 Å². The maximum Gasteiger partial charge on any atom is 0.134 e. The first kappa shape index (κ1) is 12.4. The lowest BCUT2D eigenvalue weighted by atomic mass is 10.0. The normalized spacial score (nSPS) is 10.4. The average Bonchev–Trinajstić information content (AvgIpc) is 2.50. The molecule has 0 aliphatic rings. The fraction of sp³-hybridized carbons (Fsp3) is 0.0588. The lowest BCUT2D eigenvalue weighted by Crippen LogP contribution is -1.95. The molecule has 0 fully saturated rings.